The zero-order valence-electron chi connectivity index (χ0n) is 21.3. The molecule has 0 saturated carbocycles. The van der Waals surface area contributed by atoms with E-state index < -0.39 is 11.9 Å². The molecular formula is C26H30ClFN6O3. The molecule has 1 atom stereocenters. The van der Waals surface area contributed by atoms with Crippen LogP contribution in [0.1, 0.15) is 26.1 Å². The van der Waals surface area contributed by atoms with Crippen molar-refractivity contribution in [3.8, 4) is 11.4 Å². The molecule has 1 saturated heterocycles. The molecule has 9 nitrogen and oxygen atoms in total. The molecule has 2 amide bonds. The normalized spacial score (nSPS) is 14.9. The van der Waals surface area contributed by atoms with Crippen molar-refractivity contribution in [2.75, 3.05) is 43.1 Å². The van der Waals surface area contributed by atoms with Crippen molar-refractivity contribution in [2.45, 2.75) is 33.2 Å². The Kier molecular flexibility index (Phi) is 7.97. The van der Waals surface area contributed by atoms with Gasteiger partial charge in [0, 0.05) is 50.0 Å². The van der Waals surface area contributed by atoms with Gasteiger partial charge in [-0.1, -0.05) is 11.6 Å². The molecule has 11 heteroatoms. The second-order valence-electron chi connectivity index (χ2n) is 8.77. The van der Waals surface area contributed by atoms with E-state index in [0.717, 1.165) is 11.4 Å². The summed E-state index contributed by atoms with van der Waals surface area (Å²) < 4.78 is 20.9. The highest BCUT2D eigenvalue weighted by Crippen LogP contribution is 2.29. The number of hydrogen-bond acceptors (Lipinski definition) is 6. The van der Waals surface area contributed by atoms with Gasteiger partial charge in [0.25, 0.3) is 0 Å². The van der Waals surface area contributed by atoms with Gasteiger partial charge in [0.15, 0.2) is 0 Å². The van der Waals surface area contributed by atoms with Crippen molar-refractivity contribution in [3.63, 3.8) is 0 Å². The quantitative estimate of drug-likeness (QED) is 0.463. The second-order valence-corrected chi connectivity index (χ2v) is 9.18. The minimum Gasteiger partial charge on any atom is -0.494 e. The Morgan fingerprint density at radius 3 is 2.65 bits per heavy atom. The van der Waals surface area contributed by atoms with Crippen molar-refractivity contribution < 1.29 is 18.7 Å². The molecule has 2 heterocycles. The van der Waals surface area contributed by atoms with Crippen molar-refractivity contribution in [2.24, 2.45) is 0 Å². The number of likely N-dealkylation sites (N-methyl/N-ethyl adjacent to an activating group) is 1. The van der Waals surface area contributed by atoms with E-state index in [0.29, 0.717) is 43.4 Å². The van der Waals surface area contributed by atoms with Gasteiger partial charge in [0.2, 0.25) is 11.8 Å². The smallest absolute Gasteiger partial charge is 0.249 e. The first-order chi connectivity index (χ1) is 17.7. The van der Waals surface area contributed by atoms with Crippen molar-refractivity contribution in [1.29, 1.82) is 0 Å². The molecule has 1 aliphatic heterocycles. The summed E-state index contributed by atoms with van der Waals surface area (Å²) in [6.07, 6.45) is 1.89. The maximum Gasteiger partial charge on any atom is 0.249 e. The van der Waals surface area contributed by atoms with E-state index in [9.17, 15) is 14.0 Å². The Bertz CT molecular complexity index is 1300. The third kappa shape index (κ3) is 5.53. The maximum absolute atomic E-state index is 13.6. The first-order valence-electron chi connectivity index (χ1n) is 12.1. The molecule has 4 rings (SSSR count). The highest BCUT2D eigenvalue weighted by atomic mass is 35.5. The fraction of sp³-hybridized carbons (Fsp3) is 0.385. The number of anilines is 2. The topological polar surface area (TPSA) is 83.8 Å². The SMILES string of the molecule is CCN(C(=O)C(C)N1CCN(c2ccc(-n3cnc(C)n3)c(OC)c2)CCC1=O)c1ccc(F)c(Cl)c1. The van der Waals surface area contributed by atoms with Gasteiger partial charge in [0.05, 0.1) is 12.1 Å². The zero-order chi connectivity index (χ0) is 26.7. The molecule has 3 aromatic rings. The zero-order valence-corrected chi connectivity index (χ0v) is 22.1. The summed E-state index contributed by atoms with van der Waals surface area (Å²) in [6.45, 7) is 7.15. The van der Waals surface area contributed by atoms with Gasteiger partial charge in [-0.15, -0.1) is 0 Å². The van der Waals surface area contributed by atoms with Crippen molar-refractivity contribution in [3.05, 3.63) is 59.4 Å². The number of aromatic nitrogens is 3. The van der Waals surface area contributed by atoms with Crippen LogP contribution >= 0.6 is 11.6 Å². The average molecular weight is 529 g/mol. The molecule has 1 fully saturated rings. The predicted molar refractivity (Wildman–Crippen MR) is 140 cm³/mol. The molecular weight excluding hydrogens is 499 g/mol. The van der Waals surface area contributed by atoms with Crippen LogP contribution in [0.2, 0.25) is 5.02 Å². The van der Waals surface area contributed by atoms with Gasteiger partial charge in [-0.05, 0) is 51.1 Å². The van der Waals surface area contributed by atoms with Gasteiger partial charge in [-0.2, -0.15) is 5.10 Å². The number of aryl methyl sites for hydroxylation is 1. The summed E-state index contributed by atoms with van der Waals surface area (Å²) in [5.41, 5.74) is 2.16. The number of rotatable bonds is 7. The van der Waals surface area contributed by atoms with Crippen LogP contribution in [0.4, 0.5) is 15.8 Å². The third-order valence-electron chi connectivity index (χ3n) is 6.53. The van der Waals surface area contributed by atoms with Gasteiger partial charge in [-0.25, -0.2) is 14.1 Å². The highest BCUT2D eigenvalue weighted by molar-refractivity contribution is 6.31. The Morgan fingerprint density at radius 2 is 2.00 bits per heavy atom. The molecule has 0 aliphatic carbocycles. The molecule has 0 N–H and O–H groups in total. The monoisotopic (exact) mass is 528 g/mol. The van der Waals surface area contributed by atoms with E-state index in [4.69, 9.17) is 16.3 Å². The summed E-state index contributed by atoms with van der Waals surface area (Å²) >= 11 is 5.93. The number of benzene rings is 2. The number of nitrogens with zero attached hydrogens (tertiary/aromatic N) is 6. The molecule has 2 aromatic carbocycles. The summed E-state index contributed by atoms with van der Waals surface area (Å²) in [5, 5.41) is 4.30. The number of carbonyl (C=O) groups excluding carboxylic acids is 2. The number of amides is 2. The minimum atomic E-state index is -0.691. The lowest BCUT2D eigenvalue weighted by atomic mass is 10.2. The molecule has 37 heavy (non-hydrogen) atoms. The molecule has 0 spiro atoms. The van der Waals surface area contributed by atoms with Crippen LogP contribution in [-0.4, -0.2) is 70.8 Å². The van der Waals surface area contributed by atoms with E-state index in [1.54, 1.807) is 29.9 Å². The van der Waals surface area contributed by atoms with E-state index in [1.807, 2.05) is 32.0 Å². The van der Waals surface area contributed by atoms with Gasteiger partial charge < -0.3 is 19.4 Å². The van der Waals surface area contributed by atoms with Crippen molar-refractivity contribution >= 4 is 34.8 Å². The average Bonchev–Trinajstić information content (AvgIpc) is 3.23. The largest absolute Gasteiger partial charge is 0.494 e. The molecule has 0 bridgehead atoms. The summed E-state index contributed by atoms with van der Waals surface area (Å²) in [5.74, 6) is 0.394. The van der Waals surface area contributed by atoms with E-state index in [2.05, 4.69) is 15.0 Å². The van der Waals surface area contributed by atoms with Crippen LogP contribution in [0.5, 0.6) is 5.75 Å². The van der Waals surface area contributed by atoms with Crippen LogP contribution in [0.3, 0.4) is 0 Å². The van der Waals surface area contributed by atoms with Crippen LogP contribution in [0.15, 0.2) is 42.7 Å². The number of halogens is 2. The first-order valence-corrected chi connectivity index (χ1v) is 12.5. The fourth-order valence-electron chi connectivity index (χ4n) is 4.50. The fourth-order valence-corrected chi connectivity index (χ4v) is 4.67. The van der Waals surface area contributed by atoms with Crippen LogP contribution in [0, 0.1) is 12.7 Å². The Hall–Kier alpha value is -3.66. The summed E-state index contributed by atoms with van der Waals surface area (Å²) in [6, 6.07) is 9.26. The highest BCUT2D eigenvalue weighted by Gasteiger charge is 2.32. The minimum absolute atomic E-state index is 0.0571. The van der Waals surface area contributed by atoms with Crippen LogP contribution in [0.25, 0.3) is 5.69 Å². The van der Waals surface area contributed by atoms with Crippen LogP contribution < -0.4 is 14.5 Å². The van der Waals surface area contributed by atoms with E-state index in [1.165, 1.54) is 23.1 Å². The van der Waals surface area contributed by atoms with E-state index >= 15 is 0 Å². The van der Waals surface area contributed by atoms with Crippen molar-refractivity contribution in [1.82, 2.24) is 19.7 Å². The molecule has 0 radical (unpaired) electrons. The number of hydrogen-bond donors (Lipinski definition) is 0. The molecule has 1 unspecified atom stereocenters. The molecule has 196 valence electrons. The van der Waals surface area contributed by atoms with E-state index in [-0.39, 0.29) is 23.3 Å². The number of ether oxygens (including phenoxy) is 1. The lowest BCUT2D eigenvalue weighted by Crippen LogP contribution is -2.50. The number of methoxy groups -OCH3 is 1. The summed E-state index contributed by atoms with van der Waals surface area (Å²) in [7, 11) is 1.60. The van der Waals surface area contributed by atoms with Gasteiger partial charge in [-0.3, -0.25) is 9.59 Å². The summed E-state index contributed by atoms with van der Waals surface area (Å²) in [4.78, 5) is 35.9. The molecule has 1 aromatic heterocycles. The predicted octanol–water partition coefficient (Wildman–Crippen LogP) is 3.86. The lowest BCUT2D eigenvalue weighted by Gasteiger charge is -2.32. The first kappa shape index (κ1) is 26.4. The third-order valence-corrected chi connectivity index (χ3v) is 6.82. The number of carbonyl (C=O) groups is 2. The second kappa shape index (κ2) is 11.2. The van der Waals surface area contributed by atoms with Crippen LogP contribution in [-0.2, 0) is 9.59 Å². The maximum atomic E-state index is 13.6. The lowest BCUT2D eigenvalue weighted by molar-refractivity contribution is -0.138. The van der Waals surface area contributed by atoms with Gasteiger partial charge >= 0.3 is 0 Å². The van der Waals surface area contributed by atoms with Gasteiger partial charge in [0.1, 0.15) is 35.4 Å². The standard InChI is InChI=1S/C26H30ClFN6O3/c1-5-32(20-6-8-22(28)21(27)14-20)26(36)17(2)33-13-12-31(11-10-25(33)35)19-7-9-23(24(15-19)37-4)34-16-29-18(3)30-34/h6-9,14-17H,5,10-13H2,1-4H3. The Balaban J connectivity index is 1.50. The molecule has 1 aliphatic rings. The Labute approximate surface area is 220 Å². The Morgan fingerprint density at radius 1 is 1.22 bits per heavy atom.